The SMILES string of the molecule is O=C([O-])c1ccc2c(c1)C(=O)c1cccc(F)c1-2. The number of carboxylic acids is 1. The van der Waals surface area contributed by atoms with Gasteiger partial charge in [-0.2, -0.15) is 0 Å². The van der Waals surface area contributed by atoms with Crippen LogP contribution in [-0.4, -0.2) is 11.8 Å². The largest absolute Gasteiger partial charge is 0.545 e. The molecule has 1 aliphatic carbocycles. The number of rotatable bonds is 1. The van der Waals surface area contributed by atoms with E-state index in [1.54, 1.807) is 0 Å². The van der Waals surface area contributed by atoms with Crippen LogP contribution in [0.3, 0.4) is 0 Å². The first-order chi connectivity index (χ1) is 8.59. The molecular weight excluding hydrogens is 235 g/mol. The molecule has 1 aliphatic rings. The van der Waals surface area contributed by atoms with Gasteiger partial charge in [0.05, 0.1) is 5.97 Å². The van der Waals surface area contributed by atoms with E-state index in [1.165, 1.54) is 36.4 Å². The molecule has 0 saturated heterocycles. The smallest absolute Gasteiger partial charge is 0.194 e. The molecule has 3 rings (SSSR count). The number of carbonyl (C=O) groups excluding carboxylic acids is 2. The summed E-state index contributed by atoms with van der Waals surface area (Å²) in [6, 6.07) is 8.23. The van der Waals surface area contributed by atoms with Crippen LogP contribution in [0.2, 0.25) is 0 Å². The van der Waals surface area contributed by atoms with E-state index in [0.29, 0.717) is 5.56 Å². The van der Waals surface area contributed by atoms with Gasteiger partial charge in [0.25, 0.3) is 0 Å². The Morgan fingerprint density at radius 1 is 1.06 bits per heavy atom. The topological polar surface area (TPSA) is 57.2 Å². The van der Waals surface area contributed by atoms with Gasteiger partial charge < -0.3 is 9.90 Å². The minimum Gasteiger partial charge on any atom is -0.545 e. The number of carboxylic acid groups (broad SMARTS) is 1. The monoisotopic (exact) mass is 241 g/mol. The maximum atomic E-state index is 13.7. The van der Waals surface area contributed by atoms with Crippen molar-refractivity contribution in [2.75, 3.05) is 0 Å². The Balaban J connectivity index is 2.31. The van der Waals surface area contributed by atoms with Crippen molar-refractivity contribution in [3.8, 4) is 11.1 Å². The first kappa shape index (κ1) is 10.7. The summed E-state index contributed by atoms with van der Waals surface area (Å²) >= 11 is 0. The van der Waals surface area contributed by atoms with Crippen LogP contribution in [-0.2, 0) is 0 Å². The molecule has 0 N–H and O–H groups in total. The second-order valence-corrected chi connectivity index (χ2v) is 4.04. The van der Waals surface area contributed by atoms with E-state index in [4.69, 9.17) is 0 Å². The molecule has 2 aromatic carbocycles. The van der Waals surface area contributed by atoms with Crippen molar-refractivity contribution in [3.63, 3.8) is 0 Å². The van der Waals surface area contributed by atoms with Crippen molar-refractivity contribution in [1.82, 2.24) is 0 Å². The molecule has 0 aliphatic heterocycles. The summed E-state index contributed by atoms with van der Waals surface area (Å²) in [7, 11) is 0. The highest BCUT2D eigenvalue weighted by molar-refractivity contribution is 6.22. The molecule has 0 heterocycles. The lowest BCUT2D eigenvalue weighted by molar-refractivity contribution is -0.255. The molecule has 0 radical (unpaired) electrons. The van der Waals surface area contributed by atoms with Crippen LogP contribution in [0.25, 0.3) is 11.1 Å². The summed E-state index contributed by atoms with van der Waals surface area (Å²) in [5, 5.41) is 10.8. The molecule has 0 atom stereocenters. The van der Waals surface area contributed by atoms with Gasteiger partial charge in [0.15, 0.2) is 5.78 Å². The summed E-state index contributed by atoms with van der Waals surface area (Å²) in [6.07, 6.45) is 0. The van der Waals surface area contributed by atoms with Gasteiger partial charge in [-0.25, -0.2) is 4.39 Å². The molecule has 0 bridgehead atoms. The van der Waals surface area contributed by atoms with Crippen molar-refractivity contribution in [3.05, 3.63) is 58.9 Å². The fraction of sp³-hybridized carbons (Fsp3) is 0. The third-order valence-corrected chi connectivity index (χ3v) is 3.03. The van der Waals surface area contributed by atoms with Gasteiger partial charge >= 0.3 is 0 Å². The number of carbonyl (C=O) groups is 2. The number of ketones is 1. The summed E-state index contributed by atoms with van der Waals surface area (Å²) in [6.45, 7) is 0. The van der Waals surface area contributed by atoms with E-state index < -0.39 is 11.8 Å². The highest BCUT2D eigenvalue weighted by Crippen LogP contribution is 2.38. The molecule has 0 amide bonds. The average Bonchev–Trinajstić information content (AvgIpc) is 2.64. The average molecular weight is 241 g/mol. The van der Waals surface area contributed by atoms with Crippen LogP contribution >= 0.6 is 0 Å². The minimum atomic E-state index is -1.36. The van der Waals surface area contributed by atoms with Crippen LogP contribution in [0, 0.1) is 5.82 Å². The molecule has 0 aromatic heterocycles. The number of fused-ring (bicyclic) bond motifs is 3. The lowest BCUT2D eigenvalue weighted by Crippen LogP contribution is -2.22. The third kappa shape index (κ3) is 1.29. The summed E-state index contributed by atoms with van der Waals surface area (Å²) in [5.74, 6) is -2.20. The number of halogens is 1. The molecule has 0 unspecified atom stereocenters. The van der Waals surface area contributed by atoms with E-state index in [2.05, 4.69) is 0 Å². The van der Waals surface area contributed by atoms with Crippen LogP contribution in [0.4, 0.5) is 4.39 Å². The molecule has 0 fully saturated rings. The molecular formula is C14H6FO3-. The second-order valence-electron chi connectivity index (χ2n) is 4.04. The Labute approximate surface area is 101 Å². The van der Waals surface area contributed by atoms with Crippen molar-refractivity contribution >= 4 is 11.8 Å². The zero-order valence-corrected chi connectivity index (χ0v) is 9.07. The summed E-state index contributed by atoms with van der Waals surface area (Å²) in [4.78, 5) is 22.8. The molecule has 3 nitrogen and oxygen atoms in total. The zero-order chi connectivity index (χ0) is 12.9. The Morgan fingerprint density at radius 3 is 2.56 bits per heavy atom. The quantitative estimate of drug-likeness (QED) is 0.647. The van der Waals surface area contributed by atoms with Crippen molar-refractivity contribution < 1.29 is 19.1 Å². The summed E-state index contributed by atoms with van der Waals surface area (Å²) in [5.41, 5.74) is 1.05. The van der Waals surface area contributed by atoms with Crippen LogP contribution in [0.15, 0.2) is 36.4 Å². The first-order valence-corrected chi connectivity index (χ1v) is 5.28. The highest BCUT2D eigenvalue weighted by Gasteiger charge is 2.29. The van der Waals surface area contributed by atoms with Crippen LogP contribution in [0.5, 0.6) is 0 Å². The van der Waals surface area contributed by atoms with E-state index in [0.717, 1.165) is 0 Å². The molecule has 0 spiro atoms. The Kier molecular flexibility index (Phi) is 2.07. The molecule has 18 heavy (non-hydrogen) atoms. The minimum absolute atomic E-state index is 0.0877. The first-order valence-electron chi connectivity index (χ1n) is 5.28. The Morgan fingerprint density at radius 2 is 1.83 bits per heavy atom. The van der Waals surface area contributed by atoms with Crippen molar-refractivity contribution in [2.24, 2.45) is 0 Å². The number of benzene rings is 2. The molecule has 88 valence electrons. The standard InChI is InChI=1S/C14H7FO3/c15-11-3-1-2-9-12(11)8-5-4-7(14(17)18)6-10(8)13(9)16/h1-6H,(H,17,18)/p-1. The third-order valence-electron chi connectivity index (χ3n) is 3.03. The lowest BCUT2D eigenvalue weighted by Gasteiger charge is -2.05. The zero-order valence-electron chi connectivity index (χ0n) is 9.07. The van der Waals surface area contributed by atoms with Gasteiger partial charge in [-0.05, 0) is 23.3 Å². The van der Waals surface area contributed by atoms with Crippen LogP contribution < -0.4 is 5.11 Å². The molecule has 0 saturated carbocycles. The van der Waals surface area contributed by atoms with Gasteiger partial charge in [0.2, 0.25) is 0 Å². The Hall–Kier alpha value is -2.49. The number of hydrogen-bond donors (Lipinski definition) is 0. The van der Waals surface area contributed by atoms with Gasteiger partial charge in [-0.15, -0.1) is 0 Å². The Bertz CT molecular complexity index is 704. The number of hydrogen-bond acceptors (Lipinski definition) is 3. The summed E-state index contributed by atoms with van der Waals surface area (Å²) < 4.78 is 13.7. The fourth-order valence-electron chi connectivity index (χ4n) is 2.21. The fourth-order valence-corrected chi connectivity index (χ4v) is 2.21. The maximum absolute atomic E-state index is 13.7. The van der Waals surface area contributed by atoms with Crippen molar-refractivity contribution in [1.29, 1.82) is 0 Å². The van der Waals surface area contributed by atoms with Gasteiger partial charge in [0.1, 0.15) is 5.82 Å². The van der Waals surface area contributed by atoms with E-state index in [1.807, 2.05) is 0 Å². The molecule has 4 heteroatoms. The predicted molar refractivity (Wildman–Crippen MR) is 59.6 cm³/mol. The normalized spacial score (nSPS) is 12.2. The predicted octanol–water partition coefficient (Wildman–Crippen LogP) is 1.40. The van der Waals surface area contributed by atoms with E-state index >= 15 is 0 Å². The van der Waals surface area contributed by atoms with Gasteiger partial charge in [-0.1, -0.05) is 24.3 Å². The molecule has 2 aromatic rings. The highest BCUT2D eigenvalue weighted by atomic mass is 19.1. The maximum Gasteiger partial charge on any atom is 0.194 e. The lowest BCUT2D eigenvalue weighted by atomic mass is 10.0. The number of aromatic carboxylic acids is 1. The van der Waals surface area contributed by atoms with E-state index in [-0.39, 0.29) is 28.0 Å². The second kappa shape index (κ2) is 3.50. The van der Waals surface area contributed by atoms with Crippen LogP contribution in [0.1, 0.15) is 26.3 Å². The van der Waals surface area contributed by atoms with Gasteiger partial charge in [0, 0.05) is 16.7 Å². The van der Waals surface area contributed by atoms with Gasteiger partial charge in [-0.3, -0.25) is 4.79 Å². The van der Waals surface area contributed by atoms with E-state index in [9.17, 15) is 19.1 Å². The van der Waals surface area contributed by atoms with Crippen molar-refractivity contribution in [2.45, 2.75) is 0 Å².